The maximum absolute atomic E-state index is 12.1. The number of rotatable bonds is 4. The number of hydrogen-bond donors (Lipinski definition) is 1. The van der Waals surface area contributed by atoms with Crippen LogP contribution in [-0.2, 0) is 0 Å². The number of non-ortho nitro benzene ring substituents is 1. The molecule has 0 atom stereocenters. The number of halogens is 3. The Morgan fingerprint density at radius 3 is 2.70 bits per heavy atom. The zero-order chi connectivity index (χ0) is 14.8. The van der Waals surface area contributed by atoms with Crippen molar-refractivity contribution in [3.05, 3.63) is 40.6 Å². The number of nitrogens with one attached hydrogen (secondary N) is 1. The van der Waals surface area contributed by atoms with Crippen LogP contribution in [0.15, 0.2) is 30.5 Å². The van der Waals surface area contributed by atoms with E-state index in [1.165, 1.54) is 24.4 Å². The first kappa shape index (κ1) is 14.0. The number of nitrogens with zero attached hydrogens (tertiary/aromatic N) is 2. The molecular weight excluding hydrogens is 275 g/mol. The Bertz CT molecular complexity index is 643. The Hall–Kier alpha value is -2.38. The summed E-state index contributed by atoms with van der Waals surface area (Å²) in [5, 5.41) is 13.9. The van der Waals surface area contributed by atoms with Gasteiger partial charge in [-0.25, -0.2) is 4.98 Å². The molecule has 0 bridgehead atoms. The number of nitro benzene ring substituents is 1. The number of pyridine rings is 1. The van der Waals surface area contributed by atoms with Gasteiger partial charge in [0.1, 0.15) is 5.52 Å². The first-order valence-corrected chi connectivity index (χ1v) is 5.71. The molecule has 1 aromatic heterocycles. The van der Waals surface area contributed by atoms with Crippen molar-refractivity contribution in [3.8, 4) is 0 Å². The van der Waals surface area contributed by atoms with Gasteiger partial charge in [0.15, 0.2) is 0 Å². The first-order valence-electron chi connectivity index (χ1n) is 5.71. The van der Waals surface area contributed by atoms with E-state index in [-0.39, 0.29) is 17.7 Å². The fraction of sp³-hybridized carbons (Fsp3) is 0.250. The summed E-state index contributed by atoms with van der Waals surface area (Å²) in [6, 6.07) is 5.83. The molecule has 1 heterocycles. The highest BCUT2D eigenvalue weighted by molar-refractivity contribution is 5.96. The molecule has 0 saturated heterocycles. The van der Waals surface area contributed by atoms with Gasteiger partial charge in [-0.05, 0) is 6.07 Å². The third kappa shape index (κ3) is 3.14. The molecule has 0 fully saturated rings. The molecule has 5 nitrogen and oxygen atoms in total. The molecule has 1 aromatic carbocycles. The number of fused-ring (bicyclic) bond motifs is 1. The van der Waals surface area contributed by atoms with Gasteiger partial charge in [0.2, 0.25) is 0 Å². The van der Waals surface area contributed by atoms with Gasteiger partial charge in [-0.3, -0.25) is 10.1 Å². The zero-order valence-corrected chi connectivity index (χ0v) is 10.1. The molecule has 0 aliphatic rings. The Morgan fingerprint density at radius 1 is 1.30 bits per heavy atom. The fourth-order valence-electron chi connectivity index (χ4n) is 1.80. The summed E-state index contributed by atoms with van der Waals surface area (Å²) in [4.78, 5) is 14.2. The number of alkyl halides is 3. The van der Waals surface area contributed by atoms with E-state index in [1.54, 1.807) is 6.07 Å². The number of nitro groups is 1. The number of benzene rings is 1. The molecule has 0 unspecified atom stereocenters. The van der Waals surface area contributed by atoms with Crippen LogP contribution < -0.4 is 5.32 Å². The van der Waals surface area contributed by atoms with Gasteiger partial charge in [-0.2, -0.15) is 13.2 Å². The topological polar surface area (TPSA) is 68.1 Å². The summed E-state index contributed by atoms with van der Waals surface area (Å²) in [6.07, 6.45) is -3.90. The van der Waals surface area contributed by atoms with Crippen molar-refractivity contribution in [1.29, 1.82) is 0 Å². The van der Waals surface area contributed by atoms with E-state index in [1.807, 2.05) is 0 Å². The highest BCUT2D eigenvalue weighted by Gasteiger charge is 2.26. The molecule has 0 amide bonds. The second kappa shape index (κ2) is 5.32. The van der Waals surface area contributed by atoms with E-state index in [2.05, 4.69) is 10.3 Å². The predicted octanol–water partition coefficient (Wildman–Crippen LogP) is 3.51. The minimum Gasteiger partial charge on any atom is -0.384 e. The normalized spacial score (nSPS) is 11.6. The smallest absolute Gasteiger partial charge is 0.384 e. The third-order valence-electron chi connectivity index (χ3n) is 2.67. The molecule has 2 aromatic rings. The van der Waals surface area contributed by atoms with Crippen molar-refractivity contribution < 1.29 is 18.1 Å². The molecule has 0 aliphatic carbocycles. The second-order valence-electron chi connectivity index (χ2n) is 4.08. The molecule has 0 spiro atoms. The van der Waals surface area contributed by atoms with E-state index in [9.17, 15) is 23.3 Å². The third-order valence-corrected chi connectivity index (χ3v) is 2.67. The first-order chi connectivity index (χ1) is 9.38. The SMILES string of the molecule is O=[N+]([O-])c1cccc2c(NCCC(F)(F)F)ccnc12. The Balaban J connectivity index is 2.31. The summed E-state index contributed by atoms with van der Waals surface area (Å²) < 4.78 is 36.3. The standard InChI is InChI=1S/C12H10F3N3O2/c13-12(14,15)5-7-16-9-4-6-17-11-8(9)2-1-3-10(11)18(19)20/h1-4,6H,5,7H2,(H,16,17). The molecule has 2 rings (SSSR count). The van der Waals surface area contributed by atoms with Gasteiger partial charge >= 0.3 is 6.18 Å². The Morgan fingerprint density at radius 2 is 2.05 bits per heavy atom. The molecule has 0 saturated carbocycles. The highest BCUT2D eigenvalue weighted by atomic mass is 19.4. The van der Waals surface area contributed by atoms with Crippen molar-refractivity contribution in [1.82, 2.24) is 4.98 Å². The van der Waals surface area contributed by atoms with Crippen molar-refractivity contribution in [2.24, 2.45) is 0 Å². The van der Waals surface area contributed by atoms with Gasteiger partial charge in [0.05, 0.1) is 11.3 Å². The minimum absolute atomic E-state index is 0.148. The average molecular weight is 285 g/mol. The lowest BCUT2D eigenvalue weighted by molar-refractivity contribution is -0.383. The largest absolute Gasteiger partial charge is 0.390 e. The average Bonchev–Trinajstić information content (AvgIpc) is 2.36. The fourth-order valence-corrected chi connectivity index (χ4v) is 1.80. The van der Waals surface area contributed by atoms with E-state index < -0.39 is 17.5 Å². The van der Waals surface area contributed by atoms with Crippen molar-refractivity contribution in [2.75, 3.05) is 11.9 Å². The summed E-state index contributed by atoms with van der Waals surface area (Å²) in [5.41, 5.74) is 0.361. The van der Waals surface area contributed by atoms with Gasteiger partial charge < -0.3 is 5.32 Å². The Kier molecular flexibility index (Phi) is 3.73. The molecule has 0 radical (unpaired) electrons. The molecule has 106 valence electrons. The number of aromatic nitrogens is 1. The lowest BCUT2D eigenvalue weighted by Crippen LogP contribution is -2.14. The van der Waals surface area contributed by atoms with Crippen LogP contribution in [0.2, 0.25) is 0 Å². The lowest BCUT2D eigenvalue weighted by atomic mass is 10.1. The number of para-hydroxylation sites is 1. The molecule has 1 N–H and O–H groups in total. The van der Waals surface area contributed by atoms with E-state index in [4.69, 9.17) is 0 Å². The van der Waals surface area contributed by atoms with Crippen LogP contribution in [0.5, 0.6) is 0 Å². The van der Waals surface area contributed by atoms with Gasteiger partial charge in [-0.1, -0.05) is 12.1 Å². The summed E-state index contributed by atoms with van der Waals surface area (Å²) in [5.74, 6) is 0. The molecule has 8 heteroatoms. The number of anilines is 1. The summed E-state index contributed by atoms with van der Waals surface area (Å²) in [7, 11) is 0. The van der Waals surface area contributed by atoms with Crippen LogP contribution in [0, 0.1) is 10.1 Å². The van der Waals surface area contributed by atoms with Crippen molar-refractivity contribution in [2.45, 2.75) is 12.6 Å². The van der Waals surface area contributed by atoms with Crippen LogP contribution in [0.4, 0.5) is 24.5 Å². The van der Waals surface area contributed by atoms with E-state index >= 15 is 0 Å². The monoisotopic (exact) mass is 285 g/mol. The van der Waals surface area contributed by atoms with Crippen LogP contribution in [-0.4, -0.2) is 22.6 Å². The van der Waals surface area contributed by atoms with Crippen molar-refractivity contribution in [3.63, 3.8) is 0 Å². The van der Waals surface area contributed by atoms with Crippen molar-refractivity contribution >= 4 is 22.3 Å². The van der Waals surface area contributed by atoms with Crippen LogP contribution in [0.1, 0.15) is 6.42 Å². The van der Waals surface area contributed by atoms with E-state index in [0.717, 1.165) is 0 Å². The number of hydrogen-bond acceptors (Lipinski definition) is 4. The summed E-state index contributed by atoms with van der Waals surface area (Å²) in [6.45, 7) is -0.300. The predicted molar refractivity (Wildman–Crippen MR) is 67.6 cm³/mol. The molecule has 20 heavy (non-hydrogen) atoms. The highest BCUT2D eigenvalue weighted by Crippen LogP contribution is 2.29. The van der Waals surface area contributed by atoms with Gasteiger partial charge in [0, 0.05) is 29.9 Å². The quantitative estimate of drug-likeness (QED) is 0.689. The van der Waals surface area contributed by atoms with Crippen LogP contribution in [0.25, 0.3) is 10.9 Å². The van der Waals surface area contributed by atoms with Crippen LogP contribution >= 0.6 is 0 Å². The Labute approximate surface area is 111 Å². The van der Waals surface area contributed by atoms with Gasteiger partial charge in [-0.15, -0.1) is 0 Å². The lowest BCUT2D eigenvalue weighted by Gasteiger charge is -2.10. The second-order valence-corrected chi connectivity index (χ2v) is 4.08. The maximum atomic E-state index is 12.1. The minimum atomic E-state index is -4.25. The van der Waals surface area contributed by atoms with Crippen LogP contribution in [0.3, 0.4) is 0 Å². The van der Waals surface area contributed by atoms with E-state index in [0.29, 0.717) is 11.1 Å². The maximum Gasteiger partial charge on any atom is 0.390 e. The molecule has 0 aliphatic heterocycles. The zero-order valence-electron chi connectivity index (χ0n) is 10.1. The van der Waals surface area contributed by atoms with Gasteiger partial charge in [0.25, 0.3) is 5.69 Å². The molecular formula is C12H10F3N3O2. The summed E-state index contributed by atoms with van der Waals surface area (Å²) >= 11 is 0.